The number of benzene rings is 1. The van der Waals surface area contributed by atoms with E-state index >= 15 is 0 Å². The fourth-order valence-corrected chi connectivity index (χ4v) is 4.61. The van der Waals surface area contributed by atoms with Crippen LogP contribution in [0.2, 0.25) is 0 Å². The van der Waals surface area contributed by atoms with Gasteiger partial charge in [-0.25, -0.2) is 4.79 Å². The lowest BCUT2D eigenvalue weighted by molar-refractivity contribution is 0.00879. The number of nitrogens with one attached hydrogen (secondary N) is 3. The minimum atomic E-state index is -0.538. The third kappa shape index (κ3) is 5.14. The molecule has 30 heavy (non-hydrogen) atoms. The second-order valence-corrected chi connectivity index (χ2v) is 8.36. The summed E-state index contributed by atoms with van der Waals surface area (Å²) >= 11 is 5.48. The number of ether oxygens (including phenoxy) is 4. The summed E-state index contributed by atoms with van der Waals surface area (Å²) in [7, 11) is 1.59. The summed E-state index contributed by atoms with van der Waals surface area (Å²) in [5, 5.41) is 10.1. The molecule has 3 fully saturated rings. The molecule has 1 amide bonds. The Balaban J connectivity index is 1.24. The zero-order valence-corrected chi connectivity index (χ0v) is 17.9. The van der Waals surface area contributed by atoms with Gasteiger partial charge in [0.15, 0.2) is 11.2 Å². The summed E-state index contributed by atoms with van der Waals surface area (Å²) in [6.07, 6.45) is 4.62. The van der Waals surface area contributed by atoms with Crippen LogP contribution in [-0.4, -0.2) is 61.9 Å². The number of amides is 1. The van der Waals surface area contributed by atoms with Crippen LogP contribution in [0.15, 0.2) is 24.3 Å². The van der Waals surface area contributed by atoms with Gasteiger partial charge in [-0.15, -0.1) is 0 Å². The largest absolute Gasteiger partial charge is 0.497 e. The number of carbonyl (C=O) groups is 1. The van der Waals surface area contributed by atoms with E-state index in [0.717, 1.165) is 18.6 Å². The van der Waals surface area contributed by atoms with Crippen LogP contribution in [0.4, 0.5) is 10.5 Å². The number of rotatable bonds is 5. The van der Waals surface area contributed by atoms with E-state index in [1.54, 1.807) is 31.4 Å². The monoisotopic (exact) mass is 435 g/mol. The van der Waals surface area contributed by atoms with Crippen molar-refractivity contribution in [2.24, 2.45) is 0 Å². The zero-order valence-electron chi connectivity index (χ0n) is 17.1. The van der Waals surface area contributed by atoms with Crippen LogP contribution in [-0.2, 0) is 14.2 Å². The summed E-state index contributed by atoms with van der Waals surface area (Å²) in [6, 6.07) is 7.42. The summed E-state index contributed by atoms with van der Waals surface area (Å²) in [4.78, 5) is 12.3. The average molecular weight is 436 g/mol. The molecule has 1 saturated carbocycles. The first-order valence-electron chi connectivity index (χ1n) is 10.5. The van der Waals surface area contributed by atoms with E-state index in [4.69, 9.17) is 31.2 Å². The molecule has 8 nitrogen and oxygen atoms in total. The first kappa shape index (κ1) is 21.1. The molecule has 0 unspecified atom stereocenters. The van der Waals surface area contributed by atoms with Crippen molar-refractivity contribution in [2.75, 3.05) is 25.6 Å². The van der Waals surface area contributed by atoms with Crippen molar-refractivity contribution < 1.29 is 23.7 Å². The predicted octanol–water partition coefficient (Wildman–Crippen LogP) is 2.58. The number of hydrogen-bond donors (Lipinski definition) is 3. The topological polar surface area (TPSA) is 90.1 Å². The van der Waals surface area contributed by atoms with Gasteiger partial charge in [-0.2, -0.15) is 0 Å². The molecule has 2 heterocycles. The fraction of sp³-hybridized carbons (Fsp3) is 0.619. The highest BCUT2D eigenvalue weighted by Crippen LogP contribution is 2.29. The molecule has 0 aromatic heterocycles. The quantitative estimate of drug-likeness (QED) is 0.608. The highest BCUT2D eigenvalue weighted by Gasteiger charge is 2.49. The Morgan fingerprint density at radius 1 is 1.03 bits per heavy atom. The maximum atomic E-state index is 12.3. The average Bonchev–Trinajstić information content (AvgIpc) is 3.33. The van der Waals surface area contributed by atoms with Gasteiger partial charge in [0.2, 0.25) is 0 Å². The van der Waals surface area contributed by atoms with E-state index < -0.39 is 12.2 Å². The molecule has 4 rings (SSSR count). The molecule has 1 aromatic carbocycles. The number of anilines is 1. The minimum absolute atomic E-state index is 0.0585. The predicted molar refractivity (Wildman–Crippen MR) is 116 cm³/mol. The molecule has 1 aromatic rings. The molecule has 3 aliphatic rings. The fourth-order valence-electron chi connectivity index (χ4n) is 4.29. The van der Waals surface area contributed by atoms with Gasteiger partial charge in [0, 0.05) is 11.7 Å². The Kier molecular flexibility index (Phi) is 6.91. The van der Waals surface area contributed by atoms with Gasteiger partial charge in [-0.3, -0.25) is 5.32 Å². The SMILES string of the molecule is COc1ccc(NC(=O)O[C@H]2CO[C@@H]3[C@@H]2OC[C@@H]3NC(=S)NC2CCCCC2)cc1. The van der Waals surface area contributed by atoms with Crippen molar-refractivity contribution in [1.82, 2.24) is 10.6 Å². The highest BCUT2D eigenvalue weighted by molar-refractivity contribution is 7.80. The molecule has 164 valence electrons. The maximum Gasteiger partial charge on any atom is 0.412 e. The second kappa shape index (κ2) is 9.80. The van der Waals surface area contributed by atoms with E-state index in [9.17, 15) is 4.79 Å². The Hall–Kier alpha value is -2.10. The van der Waals surface area contributed by atoms with Crippen molar-refractivity contribution in [1.29, 1.82) is 0 Å². The van der Waals surface area contributed by atoms with Crippen molar-refractivity contribution in [3.05, 3.63) is 24.3 Å². The lowest BCUT2D eigenvalue weighted by Crippen LogP contribution is -2.50. The van der Waals surface area contributed by atoms with E-state index in [2.05, 4.69) is 16.0 Å². The number of hydrogen-bond acceptors (Lipinski definition) is 6. The Labute approximate surface area is 182 Å². The third-order valence-corrected chi connectivity index (χ3v) is 6.10. The Bertz CT molecular complexity index is 741. The lowest BCUT2D eigenvalue weighted by atomic mass is 9.96. The number of methoxy groups -OCH3 is 1. The summed E-state index contributed by atoms with van der Waals surface area (Å²) in [5.74, 6) is 0.717. The smallest absolute Gasteiger partial charge is 0.412 e. The van der Waals surface area contributed by atoms with Crippen LogP contribution in [0.25, 0.3) is 0 Å². The normalized spacial score (nSPS) is 28.4. The summed E-state index contributed by atoms with van der Waals surface area (Å²) in [5.41, 5.74) is 0.627. The molecule has 3 N–H and O–H groups in total. The zero-order chi connectivity index (χ0) is 20.9. The van der Waals surface area contributed by atoms with Crippen LogP contribution in [0, 0.1) is 0 Å². The van der Waals surface area contributed by atoms with Gasteiger partial charge in [0.1, 0.15) is 18.0 Å². The van der Waals surface area contributed by atoms with Gasteiger partial charge < -0.3 is 29.6 Å². The third-order valence-electron chi connectivity index (χ3n) is 5.86. The van der Waals surface area contributed by atoms with Crippen molar-refractivity contribution in [3.8, 4) is 5.75 Å². The van der Waals surface area contributed by atoms with Crippen LogP contribution >= 0.6 is 12.2 Å². The van der Waals surface area contributed by atoms with Gasteiger partial charge in [0.25, 0.3) is 0 Å². The standard InChI is InChI=1S/C21H29N3O5S/c1-26-15-9-7-14(8-10-15)23-21(25)29-17-12-28-18-16(11-27-19(17)18)24-20(30)22-13-5-3-2-4-6-13/h7-10,13,16-19H,2-6,11-12H2,1H3,(H,23,25)(H2,22,24,30)/t16-,17-,18-,19+/m0/s1. The van der Waals surface area contributed by atoms with E-state index in [1.807, 2.05) is 0 Å². The molecular weight excluding hydrogens is 406 g/mol. The van der Waals surface area contributed by atoms with Gasteiger partial charge in [-0.1, -0.05) is 19.3 Å². The Morgan fingerprint density at radius 3 is 2.50 bits per heavy atom. The van der Waals surface area contributed by atoms with Crippen molar-refractivity contribution in [2.45, 2.75) is 62.5 Å². The van der Waals surface area contributed by atoms with Crippen LogP contribution in [0.3, 0.4) is 0 Å². The van der Waals surface area contributed by atoms with E-state index in [-0.39, 0.29) is 18.2 Å². The Morgan fingerprint density at radius 2 is 1.77 bits per heavy atom. The van der Waals surface area contributed by atoms with Crippen LogP contribution in [0.1, 0.15) is 32.1 Å². The lowest BCUT2D eigenvalue weighted by Gasteiger charge is -2.26. The van der Waals surface area contributed by atoms with Gasteiger partial charge >= 0.3 is 6.09 Å². The first-order valence-corrected chi connectivity index (χ1v) is 10.9. The first-order chi connectivity index (χ1) is 14.6. The molecule has 1 aliphatic carbocycles. The number of fused-ring (bicyclic) bond motifs is 1. The molecule has 2 aliphatic heterocycles. The molecule has 0 bridgehead atoms. The van der Waals surface area contributed by atoms with Crippen LogP contribution < -0.4 is 20.7 Å². The van der Waals surface area contributed by atoms with E-state index in [0.29, 0.717) is 30.1 Å². The van der Waals surface area contributed by atoms with Crippen molar-refractivity contribution in [3.63, 3.8) is 0 Å². The van der Waals surface area contributed by atoms with Gasteiger partial charge in [-0.05, 0) is 49.3 Å². The van der Waals surface area contributed by atoms with E-state index in [1.165, 1.54) is 19.3 Å². The molecule has 2 saturated heterocycles. The maximum absolute atomic E-state index is 12.3. The molecular formula is C21H29N3O5S. The molecule has 0 spiro atoms. The second-order valence-electron chi connectivity index (χ2n) is 7.95. The molecule has 0 radical (unpaired) electrons. The minimum Gasteiger partial charge on any atom is -0.497 e. The van der Waals surface area contributed by atoms with Gasteiger partial charge in [0.05, 0.1) is 26.4 Å². The van der Waals surface area contributed by atoms with Crippen LogP contribution in [0.5, 0.6) is 5.75 Å². The van der Waals surface area contributed by atoms with Crippen molar-refractivity contribution >= 4 is 29.1 Å². The molecule has 4 atom stereocenters. The summed E-state index contributed by atoms with van der Waals surface area (Å²) < 4.78 is 22.4. The number of carbonyl (C=O) groups excluding carboxylic acids is 1. The highest BCUT2D eigenvalue weighted by atomic mass is 32.1. The summed E-state index contributed by atoms with van der Waals surface area (Å²) in [6.45, 7) is 0.758. The number of thiocarbonyl (C=S) groups is 1. The molecule has 9 heteroatoms.